The molecule has 254 valence electrons. The molecule has 48 heavy (non-hydrogen) atoms. The van der Waals surface area contributed by atoms with Gasteiger partial charge in [0.1, 0.15) is 6.04 Å². The van der Waals surface area contributed by atoms with Crippen molar-refractivity contribution >= 4 is 23.6 Å². The number of benzene rings is 3. The average Bonchev–Trinajstić information content (AvgIpc) is 3.10. The van der Waals surface area contributed by atoms with Crippen LogP contribution in [0.5, 0.6) is 17.2 Å². The van der Waals surface area contributed by atoms with Crippen molar-refractivity contribution in [3.63, 3.8) is 0 Å². The van der Waals surface area contributed by atoms with Crippen molar-refractivity contribution in [2.24, 2.45) is 0 Å². The normalized spacial score (nSPS) is 19.6. The summed E-state index contributed by atoms with van der Waals surface area (Å²) in [5.74, 6) is -1.39. The number of ether oxygens (including phenoxy) is 2. The van der Waals surface area contributed by atoms with Crippen molar-refractivity contribution < 1.29 is 33.0 Å². The molecule has 4 amide bonds. The Hall–Kier alpha value is -4.97. The molecule has 0 radical (unpaired) electrons. The molecule has 4 N–H and O–H groups in total. The molecule has 3 aliphatic heterocycles. The second-order valence-electron chi connectivity index (χ2n) is 11.9. The Morgan fingerprint density at radius 1 is 0.958 bits per heavy atom. The van der Waals surface area contributed by atoms with Gasteiger partial charge in [-0.1, -0.05) is 37.3 Å². The third kappa shape index (κ3) is 8.68. The van der Waals surface area contributed by atoms with Crippen LogP contribution in [0.1, 0.15) is 59.7 Å². The van der Waals surface area contributed by atoms with Crippen molar-refractivity contribution in [3.05, 3.63) is 88.7 Å². The van der Waals surface area contributed by atoms with Gasteiger partial charge in [-0.3, -0.25) is 19.2 Å². The predicted molar refractivity (Wildman–Crippen MR) is 177 cm³/mol. The van der Waals surface area contributed by atoms with E-state index in [0.29, 0.717) is 62.2 Å². The van der Waals surface area contributed by atoms with Crippen LogP contribution in [0.3, 0.4) is 0 Å². The lowest BCUT2D eigenvalue weighted by Crippen LogP contribution is -2.50. The topological polar surface area (TPSA) is 138 Å². The van der Waals surface area contributed by atoms with Crippen LogP contribution >= 0.6 is 0 Å². The zero-order chi connectivity index (χ0) is 34.0. The van der Waals surface area contributed by atoms with E-state index in [0.717, 1.165) is 11.1 Å². The summed E-state index contributed by atoms with van der Waals surface area (Å²) in [6, 6.07) is 15.8. The first kappa shape index (κ1) is 34.4. The van der Waals surface area contributed by atoms with E-state index >= 15 is 4.39 Å². The first-order valence-electron chi connectivity index (χ1n) is 16.3. The molecule has 0 aromatic heterocycles. The van der Waals surface area contributed by atoms with E-state index < -0.39 is 17.9 Å². The minimum absolute atomic E-state index is 0.0398. The number of nitrogens with zero attached hydrogens (tertiary/aromatic N) is 1. The van der Waals surface area contributed by atoms with E-state index in [-0.39, 0.29) is 54.6 Å². The highest BCUT2D eigenvalue weighted by Crippen LogP contribution is 2.34. The Balaban J connectivity index is 1.34. The van der Waals surface area contributed by atoms with Crippen LogP contribution in [-0.4, -0.2) is 67.4 Å². The summed E-state index contributed by atoms with van der Waals surface area (Å²) >= 11 is 0. The lowest BCUT2D eigenvalue weighted by molar-refractivity contribution is -0.134. The Morgan fingerprint density at radius 3 is 2.52 bits per heavy atom. The lowest BCUT2D eigenvalue weighted by atomic mass is 9.95. The number of halogens is 1. The van der Waals surface area contributed by atoms with E-state index in [1.807, 2.05) is 24.3 Å². The summed E-state index contributed by atoms with van der Waals surface area (Å²) in [5.41, 5.74) is 3.08. The maximum Gasteiger partial charge on any atom is 0.251 e. The van der Waals surface area contributed by atoms with Gasteiger partial charge in [0.15, 0.2) is 23.1 Å². The van der Waals surface area contributed by atoms with Gasteiger partial charge in [0.2, 0.25) is 17.7 Å². The number of carbonyl (C=O) groups excluding carboxylic acids is 4. The summed E-state index contributed by atoms with van der Waals surface area (Å²) in [4.78, 5) is 54.4. The number of rotatable bonds is 3. The van der Waals surface area contributed by atoms with Crippen molar-refractivity contribution in [1.82, 2.24) is 26.2 Å². The molecule has 0 saturated heterocycles. The first-order valence-corrected chi connectivity index (χ1v) is 16.3. The van der Waals surface area contributed by atoms with Crippen LogP contribution in [-0.2, 0) is 33.9 Å². The van der Waals surface area contributed by atoms with Crippen LogP contribution in [0.15, 0.2) is 60.7 Å². The van der Waals surface area contributed by atoms with Crippen LogP contribution in [0.25, 0.3) is 0 Å². The molecule has 12 heteroatoms. The average molecular weight is 660 g/mol. The number of fused-ring (bicyclic) bond motifs is 17. The van der Waals surface area contributed by atoms with Gasteiger partial charge < -0.3 is 35.6 Å². The van der Waals surface area contributed by atoms with E-state index in [2.05, 4.69) is 21.3 Å². The lowest BCUT2D eigenvalue weighted by Gasteiger charge is -2.31. The maximum atomic E-state index is 15.1. The molecule has 0 spiro atoms. The van der Waals surface area contributed by atoms with Crippen molar-refractivity contribution in [3.8, 4) is 17.2 Å². The molecule has 3 heterocycles. The summed E-state index contributed by atoms with van der Waals surface area (Å²) in [7, 11) is 1.45. The number of amides is 4. The van der Waals surface area contributed by atoms with Gasteiger partial charge in [0, 0.05) is 44.7 Å². The fourth-order valence-corrected chi connectivity index (χ4v) is 5.87. The molecule has 2 atom stereocenters. The SMILES string of the molecule is CC[C@@H]1NC(=O)CCCN(C(=O)[C@H]2Cc3ccccc3CN2)CCCNC(=O)c2ccc(OC)c(c2)Oc2ccc(cc2F)CNC1=O. The monoisotopic (exact) mass is 659 g/mol. The van der Waals surface area contributed by atoms with Gasteiger partial charge in [0.25, 0.3) is 5.91 Å². The highest BCUT2D eigenvalue weighted by atomic mass is 19.1. The number of hydrogen-bond acceptors (Lipinski definition) is 7. The highest BCUT2D eigenvalue weighted by Gasteiger charge is 2.28. The fraction of sp³-hybridized carbons (Fsp3) is 0.389. The van der Waals surface area contributed by atoms with Gasteiger partial charge in [-0.2, -0.15) is 0 Å². The molecule has 4 bridgehead atoms. The minimum Gasteiger partial charge on any atom is -0.493 e. The van der Waals surface area contributed by atoms with Crippen LogP contribution in [0, 0.1) is 5.82 Å². The molecule has 3 aliphatic rings. The summed E-state index contributed by atoms with van der Waals surface area (Å²) in [6.07, 6.45) is 1.92. The smallest absolute Gasteiger partial charge is 0.251 e. The zero-order valence-corrected chi connectivity index (χ0v) is 27.3. The molecular weight excluding hydrogens is 617 g/mol. The highest BCUT2D eigenvalue weighted by molar-refractivity contribution is 5.95. The summed E-state index contributed by atoms with van der Waals surface area (Å²) in [6.45, 7) is 3.41. The molecule has 3 aromatic carbocycles. The zero-order valence-electron chi connectivity index (χ0n) is 27.3. The van der Waals surface area contributed by atoms with Crippen LogP contribution in [0.4, 0.5) is 4.39 Å². The van der Waals surface area contributed by atoms with Crippen molar-refractivity contribution in [2.75, 3.05) is 26.7 Å². The van der Waals surface area contributed by atoms with E-state index in [1.165, 1.54) is 25.3 Å². The van der Waals surface area contributed by atoms with E-state index in [1.54, 1.807) is 30.0 Å². The Kier molecular flexibility index (Phi) is 11.6. The van der Waals surface area contributed by atoms with Gasteiger partial charge >= 0.3 is 0 Å². The Morgan fingerprint density at radius 2 is 1.75 bits per heavy atom. The molecule has 0 aliphatic carbocycles. The first-order chi connectivity index (χ1) is 23.2. The maximum absolute atomic E-state index is 15.1. The molecule has 11 nitrogen and oxygen atoms in total. The number of nitrogens with one attached hydrogen (secondary N) is 4. The molecule has 3 aromatic rings. The van der Waals surface area contributed by atoms with Gasteiger partial charge in [0.05, 0.1) is 13.2 Å². The van der Waals surface area contributed by atoms with Gasteiger partial charge in [-0.15, -0.1) is 0 Å². The number of hydrogen-bond donors (Lipinski definition) is 4. The Labute approximate surface area is 279 Å². The number of carbonyl (C=O) groups is 4. The second kappa shape index (κ2) is 16.2. The minimum atomic E-state index is -0.765. The van der Waals surface area contributed by atoms with Crippen molar-refractivity contribution in [2.45, 2.75) is 64.2 Å². The van der Waals surface area contributed by atoms with E-state index in [9.17, 15) is 19.2 Å². The summed E-state index contributed by atoms with van der Waals surface area (Å²) in [5, 5.41) is 11.8. The van der Waals surface area contributed by atoms with Gasteiger partial charge in [-0.05, 0) is 72.7 Å². The van der Waals surface area contributed by atoms with Crippen molar-refractivity contribution in [1.29, 1.82) is 0 Å². The molecule has 0 saturated carbocycles. The van der Waals surface area contributed by atoms with Gasteiger partial charge in [-0.25, -0.2) is 4.39 Å². The third-order valence-corrected chi connectivity index (χ3v) is 8.58. The molecule has 0 fully saturated rings. The molecule has 0 unspecified atom stereocenters. The Bertz CT molecular complexity index is 1650. The van der Waals surface area contributed by atoms with Crippen LogP contribution in [0.2, 0.25) is 0 Å². The molecular formula is C36H42FN5O6. The number of methoxy groups -OCH3 is 1. The quantitative estimate of drug-likeness (QED) is 0.337. The predicted octanol–water partition coefficient (Wildman–Crippen LogP) is 3.59. The summed E-state index contributed by atoms with van der Waals surface area (Å²) < 4.78 is 26.3. The fourth-order valence-electron chi connectivity index (χ4n) is 5.87. The van der Waals surface area contributed by atoms with Crippen LogP contribution < -0.4 is 30.7 Å². The second-order valence-corrected chi connectivity index (χ2v) is 11.9. The largest absolute Gasteiger partial charge is 0.493 e. The van der Waals surface area contributed by atoms with E-state index in [4.69, 9.17) is 9.47 Å². The molecule has 6 rings (SSSR count). The standard InChI is InChI=1S/C36H42FN5O6/c1-3-28-35(45)40-21-23-11-13-30(27(37)18-23)48-32-20-25(12-14-31(32)47-2)34(44)38-15-7-17-42(16-6-10-33(43)41-28)36(46)29-19-24-8-4-5-9-26(24)22-39-29/h4-5,8-9,11-14,18,20,28-29,39H,3,6-7,10,15-17,19,21-22H2,1-2H3,(H,38,44)(H,40,45)(H,41,43)/t28-,29+/m0/s1. The third-order valence-electron chi connectivity index (χ3n) is 8.58.